The molecule has 3 aliphatic rings. The molecule has 2 saturated heterocycles. The molecule has 0 spiro atoms. The monoisotopic (exact) mass is 224 g/mol. The maximum atomic E-state index is 5.58. The minimum Gasteiger partial charge on any atom is -0.380 e. The Morgan fingerprint density at radius 2 is 2.00 bits per heavy atom. The lowest BCUT2D eigenvalue weighted by Crippen LogP contribution is -2.66. The molecule has 92 valence electrons. The van der Waals surface area contributed by atoms with Crippen LogP contribution in [0.4, 0.5) is 0 Å². The van der Waals surface area contributed by atoms with Crippen LogP contribution in [0.2, 0.25) is 0 Å². The highest BCUT2D eigenvalue weighted by molar-refractivity contribution is 5.03. The van der Waals surface area contributed by atoms with Crippen LogP contribution in [0.1, 0.15) is 25.7 Å². The topological polar surface area (TPSA) is 24.5 Å². The van der Waals surface area contributed by atoms with E-state index in [9.17, 15) is 0 Å². The normalized spacial score (nSPS) is 36.2. The second-order valence-electron chi connectivity index (χ2n) is 5.98. The van der Waals surface area contributed by atoms with Crippen molar-refractivity contribution in [1.82, 2.24) is 10.2 Å². The van der Waals surface area contributed by atoms with Gasteiger partial charge in [0.2, 0.25) is 0 Å². The van der Waals surface area contributed by atoms with Crippen LogP contribution in [-0.4, -0.2) is 50.8 Å². The first-order valence-electron chi connectivity index (χ1n) is 6.81. The van der Waals surface area contributed by atoms with Gasteiger partial charge in [0.05, 0.1) is 13.2 Å². The van der Waals surface area contributed by atoms with E-state index in [4.69, 9.17) is 4.74 Å². The SMILES string of the molecule is CN1CCNC(C2(C3CCCC3)COC2)C1. The van der Waals surface area contributed by atoms with Crippen LogP contribution in [0.5, 0.6) is 0 Å². The Morgan fingerprint density at radius 1 is 1.25 bits per heavy atom. The first kappa shape index (κ1) is 11.0. The molecule has 1 saturated carbocycles. The van der Waals surface area contributed by atoms with Gasteiger partial charge < -0.3 is 15.0 Å². The summed E-state index contributed by atoms with van der Waals surface area (Å²) in [5, 5.41) is 3.75. The molecule has 1 N–H and O–H groups in total. The fraction of sp³-hybridized carbons (Fsp3) is 1.00. The van der Waals surface area contributed by atoms with Gasteiger partial charge in [0.15, 0.2) is 0 Å². The van der Waals surface area contributed by atoms with Crippen molar-refractivity contribution in [2.75, 3.05) is 39.9 Å². The summed E-state index contributed by atoms with van der Waals surface area (Å²) >= 11 is 0. The Hall–Kier alpha value is -0.120. The summed E-state index contributed by atoms with van der Waals surface area (Å²) in [5.41, 5.74) is 0.477. The molecule has 0 bridgehead atoms. The van der Waals surface area contributed by atoms with Gasteiger partial charge in [0.25, 0.3) is 0 Å². The van der Waals surface area contributed by atoms with E-state index in [1.807, 2.05) is 0 Å². The second-order valence-corrected chi connectivity index (χ2v) is 5.98. The highest BCUT2D eigenvalue weighted by atomic mass is 16.5. The molecule has 0 amide bonds. The van der Waals surface area contributed by atoms with E-state index < -0.39 is 0 Å². The van der Waals surface area contributed by atoms with Crippen molar-refractivity contribution in [1.29, 1.82) is 0 Å². The Balaban J connectivity index is 1.73. The van der Waals surface area contributed by atoms with Crippen LogP contribution in [0.15, 0.2) is 0 Å². The fourth-order valence-corrected chi connectivity index (χ4v) is 3.84. The van der Waals surface area contributed by atoms with Crippen molar-refractivity contribution in [3.63, 3.8) is 0 Å². The summed E-state index contributed by atoms with van der Waals surface area (Å²) in [7, 11) is 2.25. The maximum absolute atomic E-state index is 5.58. The molecule has 2 aliphatic heterocycles. The third-order valence-corrected chi connectivity index (χ3v) is 4.98. The molecular formula is C13H24N2O. The molecule has 2 heterocycles. The quantitative estimate of drug-likeness (QED) is 0.760. The van der Waals surface area contributed by atoms with E-state index >= 15 is 0 Å². The standard InChI is InChI=1S/C13H24N2O/c1-15-7-6-14-12(8-15)13(9-16-10-13)11-4-2-3-5-11/h11-12,14H,2-10H2,1H3. The van der Waals surface area contributed by atoms with E-state index in [0.717, 1.165) is 25.7 Å². The first-order chi connectivity index (χ1) is 7.81. The highest BCUT2D eigenvalue weighted by Gasteiger charge is 2.52. The maximum Gasteiger partial charge on any atom is 0.0563 e. The number of nitrogens with one attached hydrogen (secondary N) is 1. The Kier molecular flexibility index (Phi) is 2.94. The molecular weight excluding hydrogens is 200 g/mol. The van der Waals surface area contributed by atoms with Gasteiger partial charge in [-0.3, -0.25) is 0 Å². The van der Waals surface area contributed by atoms with Crippen molar-refractivity contribution in [3.8, 4) is 0 Å². The van der Waals surface area contributed by atoms with Gasteiger partial charge in [-0.25, -0.2) is 0 Å². The van der Waals surface area contributed by atoms with E-state index in [0.29, 0.717) is 11.5 Å². The van der Waals surface area contributed by atoms with Gasteiger partial charge in [0, 0.05) is 31.1 Å². The Morgan fingerprint density at radius 3 is 2.56 bits per heavy atom. The number of nitrogens with zero attached hydrogens (tertiary/aromatic N) is 1. The highest BCUT2D eigenvalue weighted by Crippen LogP contribution is 2.47. The molecule has 3 heteroatoms. The Bertz CT molecular complexity index is 246. The lowest BCUT2D eigenvalue weighted by atomic mass is 9.67. The molecule has 3 rings (SSSR count). The molecule has 3 nitrogen and oxygen atoms in total. The van der Waals surface area contributed by atoms with Gasteiger partial charge in [-0.1, -0.05) is 12.8 Å². The fourth-order valence-electron chi connectivity index (χ4n) is 3.84. The average Bonchev–Trinajstić information content (AvgIpc) is 2.70. The lowest BCUT2D eigenvalue weighted by molar-refractivity contribution is -0.169. The van der Waals surface area contributed by atoms with Crippen LogP contribution in [0.3, 0.4) is 0 Å². The van der Waals surface area contributed by atoms with Crippen LogP contribution in [-0.2, 0) is 4.74 Å². The first-order valence-corrected chi connectivity index (χ1v) is 6.81. The third-order valence-electron chi connectivity index (χ3n) is 4.98. The Labute approximate surface area is 98.5 Å². The number of ether oxygens (including phenoxy) is 1. The molecule has 1 unspecified atom stereocenters. The predicted octanol–water partition coefficient (Wildman–Crippen LogP) is 1.10. The van der Waals surface area contributed by atoms with Gasteiger partial charge in [-0.2, -0.15) is 0 Å². The summed E-state index contributed by atoms with van der Waals surface area (Å²) in [6, 6.07) is 0.670. The minimum atomic E-state index is 0.477. The molecule has 0 aromatic heterocycles. The zero-order valence-electron chi connectivity index (χ0n) is 10.4. The van der Waals surface area contributed by atoms with Crippen molar-refractivity contribution in [2.24, 2.45) is 11.3 Å². The zero-order valence-corrected chi connectivity index (χ0v) is 10.4. The summed E-state index contributed by atoms with van der Waals surface area (Å²) < 4.78 is 5.58. The smallest absolute Gasteiger partial charge is 0.0563 e. The van der Waals surface area contributed by atoms with Gasteiger partial charge in [-0.05, 0) is 25.8 Å². The largest absolute Gasteiger partial charge is 0.380 e. The molecule has 0 aromatic carbocycles. The zero-order chi connectivity index (χ0) is 11.0. The average molecular weight is 224 g/mol. The van der Waals surface area contributed by atoms with Gasteiger partial charge >= 0.3 is 0 Å². The van der Waals surface area contributed by atoms with Crippen LogP contribution < -0.4 is 5.32 Å². The molecule has 3 fully saturated rings. The summed E-state index contributed by atoms with van der Waals surface area (Å²) in [6.07, 6.45) is 5.75. The minimum absolute atomic E-state index is 0.477. The lowest BCUT2D eigenvalue weighted by Gasteiger charge is -2.53. The second kappa shape index (κ2) is 4.28. The van der Waals surface area contributed by atoms with Crippen molar-refractivity contribution < 1.29 is 4.74 Å². The van der Waals surface area contributed by atoms with E-state index in [2.05, 4.69) is 17.3 Å². The number of piperazine rings is 1. The summed E-state index contributed by atoms with van der Waals surface area (Å²) in [5.74, 6) is 0.922. The van der Waals surface area contributed by atoms with Crippen LogP contribution in [0.25, 0.3) is 0 Å². The number of hydrogen-bond donors (Lipinski definition) is 1. The molecule has 16 heavy (non-hydrogen) atoms. The predicted molar refractivity (Wildman–Crippen MR) is 64.5 cm³/mol. The van der Waals surface area contributed by atoms with E-state index in [1.54, 1.807) is 0 Å². The van der Waals surface area contributed by atoms with E-state index in [1.165, 1.54) is 38.8 Å². The molecule has 1 aliphatic carbocycles. The van der Waals surface area contributed by atoms with Crippen LogP contribution in [0, 0.1) is 11.3 Å². The third kappa shape index (κ3) is 1.69. The summed E-state index contributed by atoms with van der Waals surface area (Å²) in [4.78, 5) is 2.47. The van der Waals surface area contributed by atoms with E-state index in [-0.39, 0.29) is 0 Å². The summed E-state index contributed by atoms with van der Waals surface area (Å²) in [6.45, 7) is 5.56. The number of hydrogen-bond acceptors (Lipinski definition) is 3. The number of rotatable bonds is 2. The van der Waals surface area contributed by atoms with Crippen molar-refractivity contribution in [2.45, 2.75) is 31.7 Å². The van der Waals surface area contributed by atoms with Crippen molar-refractivity contribution in [3.05, 3.63) is 0 Å². The van der Waals surface area contributed by atoms with Gasteiger partial charge in [0.1, 0.15) is 0 Å². The van der Waals surface area contributed by atoms with Crippen molar-refractivity contribution >= 4 is 0 Å². The number of likely N-dealkylation sites (N-methyl/N-ethyl adjacent to an activating group) is 1. The molecule has 0 radical (unpaired) electrons. The van der Waals surface area contributed by atoms with Crippen LogP contribution >= 0.6 is 0 Å². The van der Waals surface area contributed by atoms with Gasteiger partial charge in [-0.15, -0.1) is 0 Å². The molecule has 1 atom stereocenters. The molecule has 0 aromatic rings.